The first kappa shape index (κ1) is 16.6. The molecule has 1 aromatic carbocycles. The third kappa shape index (κ3) is 4.88. The number of nitrogens with one attached hydrogen (secondary N) is 1. The number of benzene rings is 1. The van der Waals surface area contributed by atoms with Crippen molar-refractivity contribution in [3.8, 4) is 0 Å². The van der Waals surface area contributed by atoms with Crippen molar-refractivity contribution in [2.75, 3.05) is 38.0 Å². The van der Waals surface area contributed by atoms with Crippen LogP contribution in [-0.2, 0) is 11.3 Å². The van der Waals surface area contributed by atoms with Gasteiger partial charge in [0.25, 0.3) is 0 Å². The van der Waals surface area contributed by atoms with Gasteiger partial charge < -0.3 is 5.32 Å². The molecule has 1 fully saturated rings. The van der Waals surface area contributed by atoms with Crippen molar-refractivity contribution in [1.29, 1.82) is 0 Å². The van der Waals surface area contributed by atoms with Crippen molar-refractivity contribution < 1.29 is 4.79 Å². The average molecular weight is 324 g/mol. The lowest BCUT2D eigenvalue weighted by atomic mass is 10.2. The number of carbonyl (C=O) groups is 1. The van der Waals surface area contributed by atoms with Gasteiger partial charge in [-0.3, -0.25) is 14.6 Å². The maximum absolute atomic E-state index is 12.1. The van der Waals surface area contributed by atoms with Gasteiger partial charge in [-0.25, -0.2) is 4.98 Å². The maximum Gasteiger partial charge on any atom is 0.239 e. The highest BCUT2D eigenvalue weighted by atomic mass is 16.2. The molecule has 3 rings (SSSR count). The van der Waals surface area contributed by atoms with Crippen LogP contribution in [0.5, 0.6) is 0 Å². The monoisotopic (exact) mass is 324 g/mol. The molecule has 126 valence electrons. The Hall–Kier alpha value is -2.24. The molecule has 1 aliphatic heterocycles. The molecule has 0 atom stereocenters. The molecule has 0 aliphatic carbocycles. The maximum atomic E-state index is 12.1. The molecule has 1 N–H and O–H groups in total. The Morgan fingerprint density at radius 2 is 1.75 bits per heavy atom. The zero-order valence-corrected chi connectivity index (χ0v) is 14.1. The summed E-state index contributed by atoms with van der Waals surface area (Å²) >= 11 is 0. The van der Waals surface area contributed by atoms with Gasteiger partial charge in [-0.15, -0.1) is 0 Å². The van der Waals surface area contributed by atoms with Gasteiger partial charge in [0.2, 0.25) is 5.91 Å². The van der Waals surface area contributed by atoms with Crippen molar-refractivity contribution in [3.63, 3.8) is 0 Å². The molecule has 2 heterocycles. The molecular weight excluding hydrogens is 300 g/mol. The van der Waals surface area contributed by atoms with E-state index in [0.29, 0.717) is 12.4 Å². The van der Waals surface area contributed by atoms with Crippen molar-refractivity contribution in [2.45, 2.75) is 13.5 Å². The molecule has 24 heavy (non-hydrogen) atoms. The fraction of sp³-hybridized carbons (Fsp3) is 0.368. The highest BCUT2D eigenvalue weighted by molar-refractivity contribution is 5.91. The Labute approximate surface area is 143 Å². The minimum absolute atomic E-state index is 0.00265. The van der Waals surface area contributed by atoms with Gasteiger partial charge in [-0.1, -0.05) is 36.4 Å². The summed E-state index contributed by atoms with van der Waals surface area (Å²) < 4.78 is 0. The smallest absolute Gasteiger partial charge is 0.239 e. The van der Waals surface area contributed by atoms with E-state index in [9.17, 15) is 4.79 Å². The van der Waals surface area contributed by atoms with Crippen LogP contribution in [0.2, 0.25) is 0 Å². The molecule has 0 spiro atoms. The van der Waals surface area contributed by atoms with E-state index < -0.39 is 0 Å². The van der Waals surface area contributed by atoms with Crippen LogP contribution in [0, 0.1) is 6.92 Å². The topological polar surface area (TPSA) is 48.5 Å². The van der Waals surface area contributed by atoms with Gasteiger partial charge in [-0.2, -0.15) is 0 Å². The average Bonchev–Trinajstić information content (AvgIpc) is 2.60. The minimum Gasteiger partial charge on any atom is -0.310 e. The summed E-state index contributed by atoms with van der Waals surface area (Å²) in [5.74, 6) is 0.621. The summed E-state index contributed by atoms with van der Waals surface area (Å²) in [4.78, 5) is 21.0. The quantitative estimate of drug-likeness (QED) is 0.915. The Morgan fingerprint density at radius 3 is 2.42 bits per heavy atom. The van der Waals surface area contributed by atoms with Crippen molar-refractivity contribution in [3.05, 3.63) is 59.8 Å². The Kier molecular flexibility index (Phi) is 5.56. The summed E-state index contributed by atoms with van der Waals surface area (Å²) in [6, 6.07) is 14.3. The summed E-state index contributed by atoms with van der Waals surface area (Å²) in [6.07, 6.45) is 1.76. The van der Waals surface area contributed by atoms with Crippen LogP contribution in [0.4, 0.5) is 5.82 Å². The van der Waals surface area contributed by atoms with Crippen LogP contribution in [-0.4, -0.2) is 53.4 Å². The molecule has 0 bridgehead atoms. The first-order valence-electron chi connectivity index (χ1n) is 8.40. The molecule has 1 aromatic heterocycles. The molecule has 5 nitrogen and oxygen atoms in total. The minimum atomic E-state index is 0.00265. The predicted octanol–water partition coefficient (Wildman–Crippen LogP) is 2.15. The zero-order valence-electron chi connectivity index (χ0n) is 14.1. The van der Waals surface area contributed by atoms with Crippen molar-refractivity contribution >= 4 is 11.7 Å². The van der Waals surface area contributed by atoms with E-state index in [1.54, 1.807) is 6.20 Å². The molecular formula is C19H24N4O. The Morgan fingerprint density at radius 1 is 1.04 bits per heavy atom. The molecule has 1 amide bonds. The first-order valence-corrected chi connectivity index (χ1v) is 8.40. The van der Waals surface area contributed by atoms with E-state index in [4.69, 9.17) is 0 Å². The highest BCUT2D eigenvalue weighted by Crippen LogP contribution is 2.09. The molecule has 0 radical (unpaired) electrons. The van der Waals surface area contributed by atoms with Gasteiger partial charge in [0.1, 0.15) is 5.82 Å². The van der Waals surface area contributed by atoms with E-state index in [2.05, 4.69) is 44.4 Å². The lowest BCUT2D eigenvalue weighted by Gasteiger charge is -2.34. The number of pyridine rings is 1. The first-order chi connectivity index (χ1) is 11.7. The number of anilines is 1. The second-order valence-electron chi connectivity index (χ2n) is 6.31. The van der Waals surface area contributed by atoms with E-state index in [1.807, 2.05) is 25.1 Å². The van der Waals surface area contributed by atoms with Gasteiger partial charge in [0, 0.05) is 38.9 Å². The number of piperazine rings is 1. The summed E-state index contributed by atoms with van der Waals surface area (Å²) in [5.41, 5.74) is 2.43. The molecule has 2 aromatic rings. The fourth-order valence-corrected chi connectivity index (χ4v) is 2.87. The normalized spacial score (nSPS) is 16.0. The van der Waals surface area contributed by atoms with Gasteiger partial charge in [-0.05, 0) is 24.1 Å². The van der Waals surface area contributed by atoms with E-state index in [1.165, 1.54) is 5.56 Å². The van der Waals surface area contributed by atoms with E-state index >= 15 is 0 Å². The molecule has 0 unspecified atom stereocenters. The summed E-state index contributed by atoms with van der Waals surface area (Å²) in [7, 11) is 0. The summed E-state index contributed by atoms with van der Waals surface area (Å²) in [5, 5.41) is 2.86. The van der Waals surface area contributed by atoms with E-state index in [-0.39, 0.29) is 5.91 Å². The largest absolute Gasteiger partial charge is 0.310 e. The SMILES string of the molecule is Cc1ccc(NC(=O)CN2CCN(Cc3ccccc3)CC2)nc1. The van der Waals surface area contributed by atoms with Gasteiger partial charge >= 0.3 is 0 Å². The van der Waals surface area contributed by atoms with E-state index in [0.717, 1.165) is 38.3 Å². The van der Waals surface area contributed by atoms with Crippen LogP contribution in [0.15, 0.2) is 48.7 Å². The zero-order chi connectivity index (χ0) is 16.8. The Balaban J connectivity index is 1.41. The van der Waals surface area contributed by atoms with Gasteiger partial charge in [0.15, 0.2) is 0 Å². The predicted molar refractivity (Wildman–Crippen MR) is 95.8 cm³/mol. The highest BCUT2D eigenvalue weighted by Gasteiger charge is 2.19. The van der Waals surface area contributed by atoms with Crippen LogP contribution in [0.25, 0.3) is 0 Å². The fourth-order valence-electron chi connectivity index (χ4n) is 2.87. The van der Waals surface area contributed by atoms with Crippen molar-refractivity contribution in [1.82, 2.24) is 14.8 Å². The molecule has 0 saturated carbocycles. The van der Waals surface area contributed by atoms with Crippen LogP contribution in [0.3, 0.4) is 0 Å². The third-order valence-electron chi connectivity index (χ3n) is 4.26. The lowest BCUT2D eigenvalue weighted by Crippen LogP contribution is -2.48. The third-order valence-corrected chi connectivity index (χ3v) is 4.26. The van der Waals surface area contributed by atoms with Crippen LogP contribution in [0.1, 0.15) is 11.1 Å². The number of rotatable bonds is 5. The number of aromatic nitrogens is 1. The molecule has 1 aliphatic rings. The van der Waals surface area contributed by atoms with Crippen LogP contribution >= 0.6 is 0 Å². The lowest BCUT2D eigenvalue weighted by molar-refractivity contribution is -0.117. The standard InChI is InChI=1S/C19H24N4O/c1-16-7-8-18(20-13-16)21-19(24)15-23-11-9-22(10-12-23)14-17-5-3-2-4-6-17/h2-8,13H,9-12,14-15H2,1H3,(H,20,21,24). The van der Waals surface area contributed by atoms with Gasteiger partial charge in [0.05, 0.1) is 6.54 Å². The Bertz CT molecular complexity index is 649. The number of amides is 1. The second-order valence-corrected chi connectivity index (χ2v) is 6.31. The molecule has 5 heteroatoms. The second kappa shape index (κ2) is 8.04. The number of hydrogen-bond donors (Lipinski definition) is 1. The number of hydrogen-bond acceptors (Lipinski definition) is 4. The van der Waals surface area contributed by atoms with Crippen molar-refractivity contribution in [2.24, 2.45) is 0 Å². The number of nitrogens with zero attached hydrogens (tertiary/aromatic N) is 3. The van der Waals surface area contributed by atoms with Crippen LogP contribution < -0.4 is 5.32 Å². The molecule has 1 saturated heterocycles. The number of aryl methyl sites for hydroxylation is 1. The number of carbonyl (C=O) groups excluding carboxylic acids is 1. The summed E-state index contributed by atoms with van der Waals surface area (Å²) in [6.45, 7) is 7.20.